The number of aromatic nitrogens is 3. The highest BCUT2D eigenvalue weighted by molar-refractivity contribution is 5.02. The Morgan fingerprint density at radius 2 is 2.31 bits per heavy atom. The molecule has 0 saturated carbocycles. The Kier molecular flexibility index (Phi) is 3.04. The van der Waals surface area contributed by atoms with Crippen LogP contribution in [-0.4, -0.2) is 15.2 Å². The van der Waals surface area contributed by atoms with Crippen LogP contribution in [0.15, 0.2) is 0 Å². The summed E-state index contributed by atoms with van der Waals surface area (Å²) in [5, 5.41) is 6.82. The van der Waals surface area contributed by atoms with Crippen molar-refractivity contribution in [1.29, 1.82) is 0 Å². The number of aromatic amines is 1. The standard InChI is InChI=1S/C9H14N4/c1-4-5-7(10)9-11-8(6(2)3)12-13-9/h1,6-7H,5,10H2,2-3H3,(H,11,12,13). The third kappa shape index (κ3) is 2.30. The molecule has 1 atom stereocenters. The van der Waals surface area contributed by atoms with E-state index in [2.05, 4.69) is 21.1 Å². The average Bonchev–Trinajstić information content (AvgIpc) is 2.52. The lowest BCUT2D eigenvalue weighted by atomic mass is 10.2. The molecule has 0 aliphatic heterocycles. The number of nitrogens with one attached hydrogen (secondary N) is 1. The van der Waals surface area contributed by atoms with E-state index in [-0.39, 0.29) is 6.04 Å². The van der Waals surface area contributed by atoms with E-state index in [0.29, 0.717) is 18.2 Å². The minimum absolute atomic E-state index is 0.231. The molecule has 0 aliphatic carbocycles. The van der Waals surface area contributed by atoms with Crippen LogP contribution in [0.1, 0.15) is 43.9 Å². The molecular formula is C9H14N4. The van der Waals surface area contributed by atoms with Crippen molar-refractivity contribution >= 4 is 0 Å². The molecule has 13 heavy (non-hydrogen) atoms. The Hall–Kier alpha value is -1.34. The summed E-state index contributed by atoms with van der Waals surface area (Å²) >= 11 is 0. The summed E-state index contributed by atoms with van der Waals surface area (Å²) in [7, 11) is 0. The molecule has 0 bridgehead atoms. The zero-order valence-corrected chi connectivity index (χ0v) is 7.91. The van der Waals surface area contributed by atoms with Gasteiger partial charge < -0.3 is 5.73 Å². The van der Waals surface area contributed by atoms with Crippen LogP contribution in [0.25, 0.3) is 0 Å². The predicted octanol–water partition coefficient (Wildman–Crippen LogP) is 0.951. The van der Waals surface area contributed by atoms with E-state index < -0.39 is 0 Å². The van der Waals surface area contributed by atoms with Crippen molar-refractivity contribution in [2.45, 2.75) is 32.2 Å². The molecule has 1 rings (SSSR count). The molecule has 0 spiro atoms. The molecule has 0 aromatic carbocycles. The summed E-state index contributed by atoms with van der Waals surface area (Å²) in [5.74, 6) is 4.25. The van der Waals surface area contributed by atoms with Crippen molar-refractivity contribution < 1.29 is 0 Å². The summed E-state index contributed by atoms with van der Waals surface area (Å²) in [6.07, 6.45) is 5.62. The molecule has 1 heterocycles. The fraction of sp³-hybridized carbons (Fsp3) is 0.556. The van der Waals surface area contributed by atoms with Crippen LogP contribution in [-0.2, 0) is 0 Å². The quantitative estimate of drug-likeness (QED) is 0.677. The van der Waals surface area contributed by atoms with Gasteiger partial charge in [0.25, 0.3) is 0 Å². The third-order valence-electron chi connectivity index (χ3n) is 1.73. The number of nitrogens with zero attached hydrogens (tertiary/aromatic N) is 2. The van der Waals surface area contributed by atoms with Gasteiger partial charge in [-0.25, -0.2) is 4.98 Å². The summed E-state index contributed by atoms with van der Waals surface area (Å²) in [6, 6.07) is -0.231. The molecule has 0 aliphatic rings. The van der Waals surface area contributed by atoms with Gasteiger partial charge in [0.15, 0.2) is 5.82 Å². The lowest BCUT2D eigenvalue weighted by Crippen LogP contribution is -2.11. The van der Waals surface area contributed by atoms with E-state index in [1.807, 2.05) is 13.8 Å². The van der Waals surface area contributed by atoms with Crippen LogP contribution < -0.4 is 5.73 Å². The number of terminal acetylenes is 1. The van der Waals surface area contributed by atoms with Crippen LogP contribution in [0.2, 0.25) is 0 Å². The minimum Gasteiger partial charge on any atom is -0.321 e. The van der Waals surface area contributed by atoms with E-state index in [1.54, 1.807) is 0 Å². The molecule has 0 saturated heterocycles. The van der Waals surface area contributed by atoms with Crippen LogP contribution in [0, 0.1) is 12.3 Å². The summed E-state index contributed by atoms with van der Waals surface area (Å²) < 4.78 is 0. The topological polar surface area (TPSA) is 67.6 Å². The highest BCUT2D eigenvalue weighted by Gasteiger charge is 2.11. The first-order valence-electron chi connectivity index (χ1n) is 4.26. The monoisotopic (exact) mass is 178 g/mol. The third-order valence-corrected chi connectivity index (χ3v) is 1.73. The van der Waals surface area contributed by atoms with Gasteiger partial charge in [-0.1, -0.05) is 13.8 Å². The number of H-pyrrole nitrogens is 1. The number of rotatable bonds is 3. The molecule has 70 valence electrons. The van der Waals surface area contributed by atoms with Gasteiger partial charge in [0.1, 0.15) is 5.82 Å². The van der Waals surface area contributed by atoms with Crippen molar-refractivity contribution in [3.8, 4) is 12.3 Å². The van der Waals surface area contributed by atoms with Crippen LogP contribution in [0.4, 0.5) is 0 Å². The molecule has 3 N–H and O–H groups in total. The van der Waals surface area contributed by atoms with Crippen LogP contribution in [0.3, 0.4) is 0 Å². The van der Waals surface area contributed by atoms with Gasteiger partial charge in [-0.15, -0.1) is 12.3 Å². The summed E-state index contributed by atoms with van der Waals surface area (Å²) in [4.78, 5) is 4.24. The second-order valence-electron chi connectivity index (χ2n) is 3.25. The maximum absolute atomic E-state index is 5.74. The maximum Gasteiger partial charge on any atom is 0.153 e. The van der Waals surface area contributed by atoms with E-state index in [4.69, 9.17) is 12.2 Å². The fourth-order valence-corrected chi connectivity index (χ4v) is 0.936. The normalized spacial score (nSPS) is 12.8. The molecule has 4 heteroatoms. The average molecular weight is 178 g/mol. The number of hydrogen-bond acceptors (Lipinski definition) is 3. The SMILES string of the molecule is C#CCC(N)c1nc(C(C)C)n[nH]1. The first-order chi connectivity index (χ1) is 6.15. The second kappa shape index (κ2) is 4.06. The van der Waals surface area contributed by atoms with Crippen molar-refractivity contribution in [3.63, 3.8) is 0 Å². The van der Waals surface area contributed by atoms with Gasteiger partial charge in [-0.2, -0.15) is 5.10 Å². The minimum atomic E-state index is -0.231. The lowest BCUT2D eigenvalue weighted by Gasteiger charge is -2.01. The Morgan fingerprint density at radius 3 is 2.77 bits per heavy atom. The first kappa shape index (κ1) is 9.75. The molecule has 0 fully saturated rings. The molecule has 1 aromatic rings. The van der Waals surface area contributed by atoms with Crippen LogP contribution >= 0.6 is 0 Å². The van der Waals surface area contributed by atoms with E-state index in [0.717, 1.165) is 5.82 Å². The highest BCUT2D eigenvalue weighted by atomic mass is 15.2. The van der Waals surface area contributed by atoms with Crippen molar-refractivity contribution in [2.75, 3.05) is 0 Å². The lowest BCUT2D eigenvalue weighted by molar-refractivity contribution is 0.694. The second-order valence-corrected chi connectivity index (χ2v) is 3.25. The van der Waals surface area contributed by atoms with Crippen LogP contribution in [0.5, 0.6) is 0 Å². The molecule has 0 radical (unpaired) electrons. The summed E-state index contributed by atoms with van der Waals surface area (Å²) in [5.41, 5.74) is 5.74. The largest absolute Gasteiger partial charge is 0.321 e. The predicted molar refractivity (Wildman–Crippen MR) is 50.9 cm³/mol. The molecule has 1 unspecified atom stereocenters. The molecule has 4 nitrogen and oxygen atoms in total. The van der Waals surface area contributed by atoms with Crippen molar-refractivity contribution in [2.24, 2.45) is 5.73 Å². The van der Waals surface area contributed by atoms with Gasteiger partial charge in [0.2, 0.25) is 0 Å². The smallest absolute Gasteiger partial charge is 0.153 e. The molecule has 1 aromatic heterocycles. The van der Waals surface area contributed by atoms with E-state index in [9.17, 15) is 0 Å². The fourth-order valence-electron chi connectivity index (χ4n) is 0.936. The Labute approximate surface area is 77.9 Å². The molecular weight excluding hydrogens is 164 g/mol. The van der Waals surface area contributed by atoms with E-state index >= 15 is 0 Å². The van der Waals surface area contributed by atoms with Gasteiger partial charge >= 0.3 is 0 Å². The number of nitrogens with two attached hydrogens (primary N) is 1. The summed E-state index contributed by atoms with van der Waals surface area (Å²) in [6.45, 7) is 4.05. The first-order valence-corrected chi connectivity index (χ1v) is 4.26. The van der Waals surface area contributed by atoms with Crippen molar-refractivity contribution in [1.82, 2.24) is 15.2 Å². The zero-order chi connectivity index (χ0) is 9.84. The molecule has 0 amide bonds. The van der Waals surface area contributed by atoms with Crippen molar-refractivity contribution in [3.05, 3.63) is 11.6 Å². The highest BCUT2D eigenvalue weighted by Crippen LogP contribution is 2.12. The number of hydrogen-bond donors (Lipinski definition) is 2. The Morgan fingerprint density at radius 1 is 1.62 bits per heavy atom. The van der Waals surface area contributed by atoms with Gasteiger partial charge in [0, 0.05) is 12.3 Å². The van der Waals surface area contributed by atoms with Gasteiger partial charge in [-0.3, -0.25) is 5.10 Å². The Balaban J connectivity index is 2.74. The van der Waals surface area contributed by atoms with Gasteiger partial charge in [0.05, 0.1) is 6.04 Å². The van der Waals surface area contributed by atoms with E-state index in [1.165, 1.54) is 0 Å². The zero-order valence-electron chi connectivity index (χ0n) is 7.91. The van der Waals surface area contributed by atoms with Gasteiger partial charge in [-0.05, 0) is 0 Å². The Bertz CT molecular complexity index is 308. The maximum atomic E-state index is 5.74.